The van der Waals surface area contributed by atoms with Crippen molar-refractivity contribution in [2.24, 2.45) is 0 Å². The first-order chi connectivity index (χ1) is 28.7. The third kappa shape index (κ3) is 5.44. The summed E-state index contributed by atoms with van der Waals surface area (Å²) in [6.45, 7) is 7.33. The molecule has 1 aliphatic heterocycles. The Morgan fingerprint density at radius 3 is 1.55 bits per heavy atom. The minimum atomic E-state index is -0.570. The van der Waals surface area contributed by atoms with Crippen LogP contribution >= 0.6 is 11.8 Å². The quantitative estimate of drug-likeness (QED) is 0.164. The van der Waals surface area contributed by atoms with Crippen LogP contribution in [0.2, 0.25) is 0 Å². The summed E-state index contributed by atoms with van der Waals surface area (Å²) >= 11 is 1.85. The molecule has 4 heteroatoms. The van der Waals surface area contributed by atoms with Crippen LogP contribution in [0.3, 0.4) is 0 Å². The van der Waals surface area contributed by atoms with Crippen molar-refractivity contribution in [3.63, 3.8) is 0 Å². The number of rotatable bonds is 5. The van der Waals surface area contributed by atoms with Crippen LogP contribution in [0.4, 0.5) is 5.69 Å². The minimum absolute atomic E-state index is 0.570. The Labute approximate surface area is 342 Å². The lowest BCUT2D eigenvalue weighted by molar-refractivity contribution is 0.723. The molecule has 0 amide bonds. The molecule has 1 atom stereocenters. The lowest BCUT2D eigenvalue weighted by Gasteiger charge is -2.40. The molecule has 2 aliphatic rings. The molecule has 8 aromatic carbocycles. The van der Waals surface area contributed by atoms with Crippen LogP contribution in [0.15, 0.2) is 210 Å². The van der Waals surface area contributed by atoms with Crippen LogP contribution in [-0.4, -0.2) is 9.97 Å². The highest BCUT2D eigenvalue weighted by Crippen LogP contribution is 2.62. The smallest absolute Gasteiger partial charge is 0.187 e. The Morgan fingerprint density at radius 2 is 0.879 bits per heavy atom. The normalized spacial score (nSPS) is 14.5. The summed E-state index contributed by atoms with van der Waals surface area (Å²) in [6, 6.07) is 71.2. The van der Waals surface area contributed by atoms with Gasteiger partial charge in [-0.3, -0.25) is 0 Å². The van der Waals surface area contributed by atoms with E-state index in [1.54, 1.807) is 0 Å². The molecule has 1 unspecified atom stereocenters. The van der Waals surface area contributed by atoms with Gasteiger partial charge in [-0.15, -0.1) is 0 Å². The number of fused-ring (bicyclic) bond motifs is 9. The van der Waals surface area contributed by atoms with Gasteiger partial charge in [0, 0.05) is 26.5 Å². The fraction of sp³-hybridized carbons (Fsp3) is 0.0185. The van der Waals surface area contributed by atoms with E-state index in [1.165, 1.54) is 48.7 Å². The summed E-state index contributed by atoms with van der Waals surface area (Å²) in [5, 5.41) is 0. The van der Waals surface area contributed by atoms with Gasteiger partial charge in [-0.25, -0.2) is 14.8 Å². The minimum Gasteiger partial charge on any atom is -0.238 e. The Morgan fingerprint density at radius 1 is 0.379 bits per heavy atom. The fourth-order valence-corrected chi connectivity index (χ4v) is 10.1. The lowest BCUT2D eigenvalue weighted by atomic mass is 9.66. The van der Waals surface area contributed by atoms with E-state index in [0.29, 0.717) is 11.5 Å². The fourth-order valence-electron chi connectivity index (χ4n) is 8.89. The van der Waals surface area contributed by atoms with Crippen molar-refractivity contribution >= 4 is 17.4 Å². The highest BCUT2D eigenvalue weighted by molar-refractivity contribution is 7.99. The summed E-state index contributed by atoms with van der Waals surface area (Å²) in [7, 11) is 0. The zero-order valence-electron chi connectivity index (χ0n) is 31.3. The molecule has 11 rings (SSSR count). The zero-order chi connectivity index (χ0) is 38.6. The predicted octanol–water partition coefficient (Wildman–Crippen LogP) is 14.2. The molecule has 0 saturated carbocycles. The third-order valence-corrected chi connectivity index (χ3v) is 12.8. The molecule has 1 aliphatic carbocycles. The van der Waals surface area contributed by atoms with Crippen molar-refractivity contribution in [2.45, 2.75) is 15.2 Å². The van der Waals surface area contributed by atoms with E-state index < -0.39 is 5.41 Å². The molecule has 2 heterocycles. The molecule has 0 bridgehead atoms. The second-order valence-corrected chi connectivity index (χ2v) is 15.9. The van der Waals surface area contributed by atoms with E-state index in [-0.39, 0.29) is 0 Å². The van der Waals surface area contributed by atoms with Crippen molar-refractivity contribution < 1.29 is 0 Å². The summed E-state index contributed by atoms with van der Waals surface area (Å²) in [5.41, 5.74) is 17.1. The van der Waals surface area contributed by atoms with E-state index in [1.807, 2.05) is 48.2 Å². The van der Waals surface area contributed by atoms with Gasteiger partial charge in [0.05, 0.1) is 23.4 Å². The maximum Gasteiger partial charge on any atom is 0.187 e. The van der Waals surface area contributed by atoms with Crippen molar-refractivity contribution in [2.75, 3.05) is 0 Å². The van der Waals surface area contributed by atoms with E-state index in [4.69, 9.17) is 16.5 Å². The monoisotopic (exact) mass is 755 g/mol. The topological polar surface area (TPSA) is 30.1 Å². The lowest BCUT2D eigenvalue weighted by Crippen LogP contribution is -2.32. The molecule has 270 valence electrons. The average Bonchev–Trinajstić information content (AvgIpc) is 3.59. The van der Waals surface area contributed by atoms with E-state index in [0.717, 1.165) is 44.8 Å². The van der Waals surface area contributed by atoms with Gasteiger partial charge in [-0.1, -0.05) is 182 Å². The molecule has 0 saturated heterocycles. The maximum absolute atomic E-state index is 7.33. The molecular weight excluding hydrogens is 723 g/mol. The van der Waals surface area contributed by atoms with Crippen molar-refractivity contribution in [3.05, 3.63) is 234 Å². The molecular formula is C54H33N3S. The van der Waals surface area contributed by atoms with Gasteiger partial charge in [-0.2, -0.15) is 0 Å². The Hall–Kier alpha value is -7.32. The first-order valence-electron chi connectivity index (χ1n) is 19.4. The Balaban J connectivity index is 1.11. The summed E-state index contributed by atoms with van der Waals surface area (Å²) in [6.07, 6.45) is 0. The van der Waals surface area contributed by atoms with Crippen LogP contribution in [0.5, 0.6) is 0 Å². The average molecular weight is 756 g/mol. The summed E-state index contributed by atoms with van der Waals surface area (Å²) in [4.78, 5) is 16.6. The van der Waals surface area contributed by atoms with Gasteiger partial charge in [-0.05, 0) is 86.0 Å². The molecule has 0 fully saturated rings. The highest BCUT2D eigenvalue weighted by Gasteiger charge is 2.50. The van der Waals surface area contributed by atoms with E-state index >= 15 is 0 Å². The van der Waals surface area contributed by atoms with Crippen LogP contribution in [0.25, 0.3) is 72.1 Å². The van der Waals surface area contributed by atoms with Gasteiger partial charge >= 0.3 is 0 Å². The largest absolute Gasteiger partial charge is 0.238 e. The van der Waals surface area contributed by atoms with E-state index in [9.17, 15) is 0 Å². The van der Waals surface area contributed by atoms with Crippen LogP contribution in [-0.2, 0) is 5.41 Å². The summed E-state index contributed by atoms with van der Waals surface area (Å²) in [5.74, 6) is 0.699. The van der Waals surface area contributed by atoms with Crippen LogP contribution in [0, 0.1) is 6.57 Å². The SMILES string of the molecule is [C-]#[N+]c1ccc(-c2ccc(-c3ccc4c(c3)C3(c5ccccc5S4)c4ccccc4-c4ccc(-c5nc(-c6ccccc6)cc(-c6ccccc6)n5)cc43)cc2)cc1. The second kappa shape index (κ2) is 13.7. The standard InChI is InChI=1S/C54H33N3S/c1-55-42-28-24-36(25-29-42)35-20-22-37(23-21-35)40-27-31-52-48(32-40)54(46-18-10-11-19-51(46)58-52)45-17-9-8-16-43(45)44-30-26-41(33-47(44)54)53-56-49(38-12-4-2-5-13-38)34-50(57-53)39-14-6-3-7-15-39/h2-34H. The summed E-state index contributed by atoms with van der Waals surface area (Å²) < 4.78 is 0. The van der Waals surface area contributed by atoms with Gasteiger partial charge < -0.3 is 0 Å². The second-order valence-electron chi connectivity index (χ2n) is 14.8. The van der Waals surface area contributed by atoms with Crippen molar-refractivity contribution in [1.29, 1.82) is 0 Å². The number of benzene rings is 8. The molecule has 0 N–H and O–H groups in total. The van der Waals surface area contributed by atoms with Gasteiger partial charge in [0.1, 0.15) is 0 Å². The van der Waals surface area contributed by atoms with Crippen molar-refractivity contribution in [1.82, 2.24) is 9.97 Å². The van der Waals surface area contributed by atoms with Crippen molar-refractivity contribution in [3.8, 4) is 67.3 Å². The number of nitrogens with zero attached hydrogens (tertiary/aromatic N) is 3. The zero-order valence-corrected chi connectivity index (χ0v) is 32.1. The first-order valence-corrected chi connectivity index (χ1v) is 20.2. The third-order valence-electron chi connectivity index (χ3n) is 11.6. The molecule has 1 aromatic heterocycles. The molecule has 3 nitrogen and oxygen atoms in total. The first kappa shape index (κ1) is 34.0. The molecule has 9 aromatic rings. The van der Waals surface area contributed by atoms with Gasteiger partial charge in [0.2, 0.25) is 0 Å². The highest BCUT2D eigenvalue weighted by atomic mass is 32.2. The predicted molar refractivity (Wildman–Crippen MR) is 237 cm³/mol. The number of aromatic nitrogens is 2. The van der Waals surface area contributed by atoms with Crippen LogP contribution < -0.4 is 0 Å². The number of hydrogen-bond acceptors (Lipinski definition) is 3. The number of hydrogen-bond donors (Lipinski definition) is 0. The Kier molecular flexibility index (Phi) is 8.03. The Bertz CT molecular complexity index is 3020. The maximum atomic E-state index is 7.33. The van der Waals surface area contributed by atoms with Gasteiger partial charge in [0.15, 0.2) is 11.5 Å². The molecule has 58 heavy (non-hydrogen) atoms. The van der Waals surface area contributed by atoms with Crippen LogP contribution in [0.1, 0.15) is 22.3 Å². The molecule has 0 radical (unpaired) electrons. The molecule has 1 spiro atoms. The van der Waals surface area contributed by atoms with E-state index in [2.05, 4.69) is 169 Å². The van der Waals surface area contributed by atoms with Gasteiger partial charge in [0.25, 0.3) is 0 Å².